The third-order valence-electron chi connectivity index (χ3n) is 6.65. The molecule has 32 heavy (non-hydrogen) atoms. The topological polar surface area (TPSA) is 9.23 Å². The highest BCUT2D eigenvalue weighted by Crippen LogP contribution is 2.34. The summed E-state index contributed by atoms with van der Waals surface area (Å²) in [5.74, 6) is 1.24. The third-order valence-corrected chi connectivity index (χ3v) is 6.65. The fourth-order valence-electron chi connectivity index (χ4n) is 4.66. The van der Waals surface area contributed by atoms with Gasteiger partial charge in [-0.2, -0.15) is 0 Å². The van der Waals surface area contributed by atoms with Crippen LogP contribution in [-0.4, -0.2) is 6.10 Å². The van der Waals surface area contributed by atoms with Gasteiger partial charge in [-0.05, 0) is 78.3 Å². The van der Waals surface area contributed by atoms with Crippen molar-refractivity contribution in [3.8, 4) is 0 Å². The Labute approximate surface area is 192 Å². The van der Waals surface area contributed by atoms with Crippen molar-refractivity contribution in [1.29, 1.82) is 0 Å². The maximum Gasteiger partial charge on any atom is 0.123 e. The summed E-state index contributed by atoms with van der Waals surface area (Å²) in [6.45, 7) is 3.04. The first-order valence-electron chi connectivity index (χ1n) is 11.8. The molecule has 4 rings (SSSR count). The second-order valence-electron chi connectivity index (χ2n) is 9.13. The predicted molar refractivity (Wildman–Crippen MR) is 132 cm³/mol. The van der Waals surface area contributed by atoms with Crippen LogP contribution in [0, 0.1) is 11.7 Å². The van der Waals surface area contributed by atoms with E-state index in [2.05, 4.69) is 67.6 Å². The minimum atomic E-state index is -0.207. The highest BCUT2D eigenvalue weighted by atomic mass is 19.1. The van der Waals surface area contributed by atoms with Gasteiger partial charge >= 0.3 is 0 Å². The van der Waals surface area contributed by atoms with Gasteiger partial charge in [0, 0.05) is 0 Å². The molecule has 1 fully saturated rings. The molecule has 0 heterocycles. The van der Waals surface area contributed by atoms with Crippen molar-refractivity contribution >= 4 is 12.2 Å². The molecule has 1 aliphatic carbocycles. The number of hydrogen-bond acceptors (Lipinski definition) is 1. The lowest BCUT2D eigenvalue weighted by atomic mass is 9.80. The van der Waals surface area contributed by atoms with Gasteiger partial charge in [0.1, 0.15) is 5.82 Å². The molecule has 0 saturated heterocycles. The Morgan fingerprint density at radius 1 is 0.812 bits per heavy atom. The van der Waals surface area contributed by atoms with Crippen molar-refractivity contribution in [3.05, 3.63) is 107 Å². The fraction of sp³-hybridized carbons (Fsp3) is 0.333. The molecule has 1 saturated carbocycles. The van der Waals surface area contributed by atoms with Gasteiger partial charge in [-0.15, -0.1) is 0 Å². The molecular weight excluding hydrogens is 395 g/mol. The highest BCUT2D eigenvalue weighted by Gasteiger charge is 2.23. The van der Waals surface area contributed by atoms with E-state index in [1.807, 2.05) is 6.08 Å². The highest BCUT2D eigenvalue weighted by molar-refractivity contribution is 5.69. The monoisotopic (exact) mass is 428 g/mol. The Kier molecular flexibility index (Phi) is 7.90. The van der Waals surface area contributed by atoms with Gasteiger partial charge in [0.2, 0.25) is 0 Å². The zero-order valence-corrected chi connectivity index (χ0v) is 18.9. The molecule has 0 spiro atoms. The zero-order chi connectivity index (χ0) is 22.2. The van der Waals surface area contributed by atoms with Gasteiger partial charge in [0.25, 0.3) is 0 Å². The van der Waals surface area contributed by atoms with Gasteiger partial charge in [-0.25, -0.2) is 4.39 Å². The van der Waals surface area contributed by atoms with Crippen LogP contribution in [0.2, 0.25) is 0 Å². The van der Waals surface area contributed by atoms with Gasteiger partial charge in [-0.1, -0.05) is 85.8 Å². The standard InChI is InChI=1S/C30H33FO/c1-23(28-5-3-2-4-6-28)21-26-15-19-30(20-16-26)32-22-27-11-9-24(10-12-27)7-8-25-13-17-29(31)18-14-25/h2-14,17-18,23,26,30H,15-16,19-22H2,1H3/t23-,26?,30?/m0/s1. The van der Waals surface area contributed by atoms with E-state index in [9.17, 15) is 4.39 Å². The minimum absolute atomic E-state index is 0.207. The van der Waals surface area contributed by atoms with Crippen LogP contribution >= 0.6 is 0 Å². The quantitative estimate of drug-likeness (QED) is 0.328. The number of ether oxygens (including phenoxy) is 1. The summed E-state index contributed by atoms with van der Waals surface area (Å²) in [6, 6.07) is 25.9. The molecule has 0 amide bonds. The molecule has 0 N–H and O–H groups in total. The molecule has 3 aromatic carbocycles. The maximum absolute atomic E-state index is 13.0. The first-order valence-corrected chi connectivity index (χ1v) is 11.8. The van der Waals surface area contributed by atoms with Crippen molar-refractivity contribution in [2.45, 2.75) is 57.7 Å². The van der Waals surface area contributed by atoms with Crippen molar-refractivity contribution in [2.75, 3.05) is 0 Å². The van der Waals surface area contributed by atoms with Crippen LogP contribution in [0.4, 0.5) is 4.39 Å². The molecule has 1 nitrogen and oxygen atoms in total. The summed E-state index contributed by atoms with van der Waals surface area (Å²) >= 11 is 0. The molecule has 166 valence electrons. The lowest BCUT2D eigenvalue weighted by Gasteiger charge is -2.30. The molecule has 0 aromatic heterocycles. The van der Waals surface area contributed by atoms with Crippen LogP contribution in [0.25, 0.3) is 12.2 Å². The maximum atomic E-state index is 13.0. The lowest BCUT2D eigenvalue weighted by Crippen LogP contribution is -2.22. The Bertz CT molecular complexity index is 968. The van der Waals surface area contributed by atoms with Gasteiger partial charge < -0.3 is 4.74 Å². The Morgan fingerprint density at radius 3 is 2.03 bits per heavy atom. The van der Waals surface area contributed by atoms with Crippen molar-refractivity contribution in [3.63, 3.8) is 0 Å². The summed E-state index contributed by atoms with van der Waals surface area (Å²) in [6.07, 6.45) is 10.6. The molecular formula is C30H33FO. The SMILES string of the molecule is C[C@@H](CC1CCC(OCc2ccc(C=Cc3ccc(F)cc3)cc2)CC1)c1ccccc1. The first-order chi connectivity index (χ1) is 15.7. The van der Waals surface area contributed by atoms with E-state index in [-0.39, 0.29) is 5.82 Å². The molecule has 0 aliphatic heterocycles. The number of benzene rings is 3. The van der Waals surface area contributed by atoms with E-state index in [4.69, 9.17) is 4.74 Å². The van der Waals surface area contributed by atoms with E-state index in [1.165, 1.54) is 55.4 Å². The van der Waals surface area contributed by atoms with Crippen molar-refractivity contribution in [2.24, 2.45) is 5.92 Å². The normalized spacial score (nSPS) is 19.8. The number of halogens is 1. The lowest BCUT2D eigenvalue weighted by molar-refractivity contribution is 0.00585. The average Bonchev–Trinajstić information content (AvgIpc) is 2.84. The van der Waals surface area contributed by atoms with Gasteiger partial charge in [0.15, 0.2) is 0 Å². The van der Waals surface area contributed by atoms with Gasteiger partial charge in [-0.3, -0.25) is 0 Å². The summed E-state index contributed by atoms with van der Waals surface area (Å²) in [4.78, 5) is 0. The summed E-state index contributed by atoms with van der Waals surface area (Å²) in [5.41, 5.74) is 4.80. The van der Waals surface area contributed by atoms with Crippen LogP contribution in [0.5, 0.6) is 0 Å². The van der Waals surface area contributed by atoms with E-state index in [1.54, 1.807) is 12.1 Å². The number of rotatable bonds is 8. The smallest absolute Gasteiger partial charge is 0.123 e. The second-order valence-corrected chi connectivity index (χ2v) is 9.13. The molecule has 2 heteroatoms. The summed E-state index contributed by atoms with van der Waals surface area (Å²) in [7, 11) is 0. The summed E-state index contributed by atoms with van der Waals surface area (Å²) in [5, 5.41) is 0. The molecule has 0 radical (unpaired) electrons. The van der Waals surface area contributed by atoms with Crippen molar-refractivity contribution < 1.29 is 9.13 Å². The van der Waals surface area contributed by atoms with Crippen LogP contribution < -0.4 is 0 Å². The molecule has 0 bridgehead atoms. The van der Waals surface area contributed by atoms with Crippen LogP contribution in [0.3, 0.4) is 0 Å². The van der Waals surface area contributed by atoms with E-state index < -0.39 is 0 Å². The summed E-state index contributed by atoms with van der Waals surface area (Å²) < 4.78 is 19.2. The number of hydrogen-bond donors (Lipinski definition) is 0. The molecule has 1 aliphatic rings. The molecule has 1 atom stereocenters. The zero-order valence-electron chi connectivity index (χ0n) is 18.9. The molecule has 3 aromatic rings. The Balaban J connectivity index is 1.19. The van der Waals surface area contributed by atoms with Crippen LogP contribution in [0.1, 0.15) is 67.2 Å². The van der Waals surface area contributed by atoms with Crippen LogP contribution in [-0.2, 0) is 11.3 Å². The van der Waals surface area contributed by atoms with E-state index >= 15 is 0 Å². The third kappa shape index (κ3) is 6.64. The van der Waals surface area contributed by atoms with Crippen LogP contribution in [0.15, 0.2) is 78.9 Å². The predicted octanol–water partition coefficient (Wildman–Crippen LogP) is 8.27. The van der Waals surface area contributed by atoms with Gasteiger partial charge in [0.05, 0.1) is 12.7 Å². The second kappa shape index (κ2) is 11.2. The Morgan fingerprint density at radius 2 is 1.41 bits per heavy atom. The first kappa shape index (κ1) is 22.5. The minimum Gasteiger partial charge on any atom is -0.374 e. The van der Waals surface area contributed by atoms with E-state index in [0.29, 0.717) is 18.6 Å². The van der Waals surface area contributed by atoms with Crippen molar-refractivity contribution in [1.82, 2.24) is 0 Å². The van der Waals surface area contributed by atoms with E-state index in [0.717, 1.165) is 17.0 Å². The largest absolute Gasteiger partial charge is 0.374 e. The fourth-order valence-corrected chi connectivity index (χ4v) is 4.66. The average molecular weight is 429 g/mol. The molecule has 0 unspecified atom stereocenters. The Hall–Kier alpha value is -2.71.